The number of hydrogen-bond acceptors (Lipinski definition) is 7. The molecule has 0 saturated carbocycles. The van der Waals surface area contributed by atoms with Crippen molar-refractivity contribution in [2.75, 3.05) is 12.8 Å². The smallest absolute Gasteiger partial charge is 0.335 e. The van der Waals surface area contributed by atoms with Gasteiger partial charge in [0.15, 0.2) is 0 Å². The molecule has 0 saturated heterocycles. The first-order valence-corrected chi connectivity index (χ1v) is 10.1. The molecule has 0 atom stereocenters. The molecule has 2 aromatic rings. The maximum Gasteiger partial charge on any atom is 0.335 e. The Balaban J connectivity index is 2.02. The summed E-state index contributed by atoms with van der Waals surface area (Å²) in [7, 11) is -7.22. The third kappa shape index (κ3) is 4.36. The highest BCUT2D eigenvalue weighted by atomic mass is 32.2. The molecule has 0 aliphatic rings. The molecule has 10 heteroatoms. The van der Waals surface area contributed by atoms with E-state index < -0.39 is 25.1 Å². The zero-order valence-electron chi connectivity index (χ0n) is 12.9. The molecule has 23 heavy (non-hydrogen) atoms. The van der Waals surface area contributed by atoms with Crippen LogP contribution in [-0.4, -0.2) is 39.8 Å². The van der Waals surface area contributed by atoms with Gasteiger partial charge in [-0.1, -0.05) is 11.2 Å². The quantitative estimate of drug-likeness (QED) is 0.802. The molecule has 1 aromatic heterocycles. The average Bonchev–Trinajstić information content (AvgIpc) is 2.90. The summed E-state index contributed by atoms with van der Waals surface area (Å²) < 4.78 is 54.2. The molecule has 0 aliphatic carbocycles. The van der Waals surface area contributed by atoms with E-state index >= 15 is 0 Å². The zero-order valence-corrected chi connectivity index (χ0v) is 14.5. The number of sulfonamides is 1. The van der Waals surface area contributed by atoms with Crippen molar-refractivity contribution in [2.45, 2.75) is 30.4 Å². The Bertz CT molecular complexity index is 917. The Morgan fingerprint density at radius 1 is 1.09 bits per heavy atom. The van der Waals surface area contributed by atoms with Crippen molar-refractivity contribution in [1.29, 1.82) is 0 Å². The van der Waals surface area contributed by atoms with Gasteiger partial charge in [0.25, 0.3) is 0 Å². The summed E-state index contributed by atoms with van der Waals surface area (Å²) in [6, 6.07) is 4.85. The Morgan fingerprint density at radius 3 is 2.35 bits per heavy atom. The van der Waals surface area contributed by atoms with Crippen LogP contribution in [0.5, 0.6) is 0 Å². The monoisotopic (exact) mass is 359 g/mol. The molecule has 0 radical (unpaired) electrons. The topological polar surface area (TPSA) is 119 Å². The number of nitrogens with one attached hydrogen (secondary N) is 1. The number of hydrogen-bond donors (Lipinski definition) is 1. The first kappa shape index (κ1) is 17.6. The third-order valence-electron chi connectivity index (χ3n) is 3.19. The Labute approximate surface area is 134 Å². The summed E-state index contributed by atoms with van der Waals surface area (Å²) >= 11 is 0. The molecule has 1 heterocycles. The van der Waals surface area contributed by atoms with Crippen LogP contribution in [0.2, 0.25) is 0 Å². The molecule has 0 amide bonds. The Kier molecular flexibility index (Phi) is 4.87. The standard InChI is InChI=1S/C13H17N3O5S2/c1-9-4-5-11(8-10(9)2)23(19,20)14-7-6-12-15-16-13(21-12)22(3,17)18/h4-5,8,14H,6-7H2,1-3H3. The van der Waals surface area contributed by atoms with Crippen molar-refractivity contribution < 1.29 is 21.3 Å². The van der Waals surface area contributed by atoms with E-state index in [0.29, 0.717) is 0 Å². The van der Waals surface area contributed by atoms with E-state index in [2.05, 4.69) is 14.9 Å². The van der Waals surface area contributed by atoms with E-state index in [-0.39, 0.29) is 23.8 Å². The van der Waals surface area contributed by atoms with Gasteiger partial charge in [-0.3, -0.25) is 0 Å². The lowest BCUT2D eigenvalue weighted by molar-refractivity contribution is 0.397. The van der Waals surface area contributed by atoms with Crippen molar-refractivity contribution in [1.82, 2.24) is 14.9 Å². The third-order valence-corrected chi connectivity index (χ3v) is 5.44. The number of aryl methyl sites for hydroxylation is 2. The summed E-state index contributed by atoms with van der Waals surface area (Å²) in [4.78, 5) is 0.169. The van der Waals surface area contributed by atoms with Gasteiger partial charge in [-0.05, 0) is 37.1 Å². The van der Waals surface area contributed by atoms with Gasteiger partial charge in [0.05, 0.1) is 4.90 Å². The maximum atomic E-state index is 12.2. The SMILES string of the molecule is Cc1ccc(S(=O)(=O)NCCc2nnc(S(C)(=O)=O)o2)cc1C. The van der Waals surface area contributed by atoms with Crippen molar-refractivity contribution in [3.8, 4) is 0 Å². The number of sulfone groups is 1. The molecule has 1 N–H and O–H groups in total. The van der Waals surface area contributed by atoms with Crippen LogP contribution in [-0.2, 0) is 26.3 Å². The Morgan fingerprint density at radius 2 is 1.78 bits per heavy atom. The summed E-state index contributed by atoms with van der Waals surface area (Å²) in [5, 5.41) is 6.49. The van der Waals surface area contributed by atoms with Gasteiger partial charge in [0.1, 0.15) is 0 Å². The lowest BCUT2D eigenvalue weighted by Gasteiger charge is -2.07. The second-order valence-electron chi connectivity index (χ2n) is 5.13. The van der Waals surface area contributed by atoms with Crippen molar-refractivity contribution in [3.05, 3.63) is 35.2 Å². The molecule has 0 bridgehead atoms. The van der Waals surface area contributed by atoms with Crippen LogP contribution in [0.4, 0.5) is 0 Å². The van der Waals surface area contributed by atoms with Crippen LogP contribution in [0.1, 0.15) is 17.0 Å². The van der Waals surface area contributed by atoms with Gasteiger partial charge in [-0.25, -0.2) is 21.6 Å². The van der Waals surface area contributed by atoms with E-state index in [1.807, 2.05) is 13.8 Å². The van der Waals surface area contributed by atoms with Crippen LogP contribution in [0, 0.1) is 13.8 Å². The zero-order chi connectivity index (χ0) is 17.3. The lowest BCUT2D eigenvalue weighted by Crippen LogP contribution is -2.26. The van der Waals surface area contributed by atoms with E-state index in [1.54, 1.807) is 12.1 Å². The van der Waals surface area contributed by atoms with Gasteiger partial charge in [0, 0.05) is 19.2 Å². The predicted molar refractivity (Wildman–Crippen MR) is 82.2 cm³/mol. The number of aromatic nitrogens is 2. The molecule has 0 aliphatic heterocycles. The van der Waals surface area contributed by atoms with Crippen LogP contribution >= 0.6 is 0 Å². The summed E-state index contributed by atoms with van der Waals surface area (Å²) in [5.74, 6) is 0.0493. The molecule has 126 valence electrons. The molecule has 0 spiro atoms. The minimum absolute atomic E-state index is 0.0145. The normalized spacial score (nSPS) is 12.5. The summed E-state index contributed by atoms with van der Waals surface area (Å²) in [5.41, 5.74) is 1.88. The van der Waals surface area contributed by atoms with Gasteiger partial charge in [0.2, 0.25) is 25.8 Å². The highest BCUT2D eigenvalue weighted by Gasteiger charge is 2.18. The van der Waals surface area contributed by atoms with E-state index in [0.717, 1.165) is 17.4 Å². The minimum atomic E-state index is -3.65. The van der Waals surface area contributed by atoms with Crippen LogP contribution in [0.25, 0.3) is 0 Å². The molecule has 2 rings (SSSR count). The molecular formula is C13H17N3O5S2. The summed E-state index contributed by atoms with van der Waals surface area (Å²) in [6.07, 6.45) is 1.04. The molecule has 8 nitrogen and oxygen atoms in total. The maximum absolute atomic E-state index is 12.2. The van der Waals surface area contributed by atoms with E-state index in [1.165, 1.54) is 6.07 Å². The first-order valence-electron chi connectivity index (χ1n) is 6.69. The highest BCUT2D eigenvalue weighted by molar-refractivity contribution is 7.90. The largest absolute Gasteiger partial charge is 0.412 e. The highest BCUT2D eigenvalue weighted by Crippen LogP contribution is 2.14. The van der Waals surface area contributed by atoms with Crippen molar-refractivity contribution in [2.24, 2.45) is 0 Å². The van der Waals surface area contributed by atoms with Crippen LogP contribution < -0.4 is 4.72 Å². The summed E-state index contributed by atoms with van der Waals surface area (Å²) in [6.45, 7) is 3.74. The second-order valence-corrected chi connectivity index (χ2v) is 8.79. The average molecular weight is 359 g/mol. The van der Waals surface area contributed by atoms with Gasteiger partial charge >= 0.3 is 5.22 Å². The Hall–Kier alpha value is -1.78. The van der Waals surface area contributed by atoms with E-state index in [9.17, 15) is 16.8 Å². The number of rotatable bonds is 6. The molecule has 0 fully saturated rings. The predicted octanol–water partition coefficient (Wildman–Crippen LogP) is 0.611. The fourth-order valence-corrected chi connectivity index (χ4v) is 3.30. The molecular weight excluding hydrogens is 342 g/mol. The fourth-order valence-electron chi connectivity index (χ4n) is 1.75. The number of nitrogens with zero attached hydrogens (tertiary/aromatic N) is 2. The lowest BCUT2D eigenvalue weighted by atomic mass is 10.1. The minimum Gasteiger partial charge on any atom is -0.412 e. The van der Waals surface area contributed by atoms with Crippen LogP contribution in [0.15, 0.2) is 32.7 Å². The van der Waals surface area contributed by atoms with Crippen LogP contribution in [0.3, 0.4) is 0 Å². The van der Waals surface area contributed by atoms with Gasteiger partial charge in [-0.15, -0.1) is 5.10 Å². The van der Waals surface area contributed by atoms with Crippen molar-refractivity contribution in [3.63, 3.8) is 0 Å². The van der Waals surface area contributed by atoms with Gasteiger partial charge in [-0.2, -0.15) is 0 Å². The van der Waals surface area contributed by atoms with Gasteiger partial charge < -0.3 is 4.42 Å². The second kappa shape index (κ2) is 6.38. The molecule has 1 aromatic carbocycles. The van der Waals surface area contributed by atoms with Crippen molar-refractivity contribution >= 4 is 19.9 Å². The molecule has 0 unspecified atom stereocenters. The number of benzene rings is 1. The van der Waals surface area contributed by atoms with E-state index in [4.69, 9.17) is 4.42 Å². The first-order chi connectivity index (χ1) is 10.6. The fraction of sp³-hybridized carbons (Fsp3) is 0.385.